The van der Waals surface area contributed by atoms with Crippen molar-refractivity contribution in [3.05, 3.63) is 65.7 Å². The first kappa shape index (κ1) is 18.8. The summed E-state index contributed by atoms with van der Waals surface area (Å²) < 4.78 is 10.1. The van der Waals surface area contributed by atoms with E-state index in [4.69, 9.17) is 4.74 Å². The van der Waals surface area contributed by atoms with E-state index in [-0.39, 0.29) is 18.5 Å². The molecule has 6 heteroatoms. The van der Waals surface area contributed by atoms with E-state index >= 15 is 0 Å². The number of carbonyl (C=O) groups is 2. The van der Waals surface area contributed by atoms with Crippen LogP contribution >= 0.6 is 0 Å². The summed E-state index contributed by atoms with van der Waals surface area (Å²) in [7, 11) is 1.39. The van der Waals surface area contributed by atoms with Crippen molar-refractivity contribution in [1.29, 1.82) is 0 Å². The lowest BCUT2D eigenvalue weighted by Crippen LogP contribution is -2.48. The molecule has 0 unspecified atom stereocenters. The second-order valence-electron chi connectivity index (χ2n) is 6.43. The first-order chi connectivity index (χ1) is 13.2. The predicted octanol–water partition coefficient (Wildman–Crippen LogP) is 2.86. The number of rotatable bonds is 5. The minimum atomic E-state index is -0.271. The summed E-state index contributed by atoms with van der Waals surface area (Å²) >= 11 is 0. The van der Waals surface area contributed by atoms with Crippen molar-refractivity contribution >= 4 is 17.7 Å². The Morgan fingerprint density at radius 1 is 0.889 bits per heavy atom. The van der Waals surface area contributed by atoms with Crippen molar-refractivity contribution in [3.63, 3.8) is 0 Å². The molecule has 142 valence electrons. The fourth-order valence-corrected chi connectivity index (χ4v) is 3.02. The summed E-state index contributed by atoms with van der Waals surface area (Å²) in [6.45, 7) is 3.03. The molecule has 1 fully saturated rings. The molecular weight excluding hydrogens is 344 g/mol. The Morgan fingerprint density at radius 2 is 1.56 bits per heavy atom. The van der Waals surface area contributed by atoms with Crippen molar-refractivity contribution in [2.45, 2.75) is 13.0 Å². The molecule has 0 radical (unpaired) electrons. The van der Waals surface area contributed by atoms with Gasteiger partial charge in [0.05, 0.1) is 13.5 Å². The number of benzene rings is 2. The maximum Gasteiger partial charge on any atom is 0.410 e. The number of methoxy groups -OCH3 is 1. The van der Waals surface area contributed by atoms with E-state index in [0.717, 1.165) is 29.9 Å². The van der Waals surface area contributed by atoms with Crippen LogP contribution in [0.2, 0.25) is 0 Å². The van der Waals surface area contributed by atoms with Gasteiger partial charge in [0.2, 0.25) is 0 Å². The van der Waals surface area contributed by atoms with Crippen molar-refractivity contribution in [2.75, 3.05) is 38.2 Å². The van der Waals surface area contributed by atoms with Crippen LogP contribution in [0.15, 0.2) is 54.6 Å². The molecule has 1 saturated heterocycles. The summed E-state index contributed by atoms with van der Waals surface area (Å²) in [4.78, 5) is 27.5. The average molecular weight is 368 g/mol. The van der Waals surface area contributed by atoms with Gasteiger partial charge in [-0.3, -0.25) is 4.79 Å². The molecule has 0 aliphatic carbocycles. The lowest BCUT2D eigenvalue weighted by atomic mass is 10.1. The number of amides is 1. The maximum absolute atomic E-state index is 12.2. The lowest BCUT2D eigenvalue weighted by Gasteiger charge is -2.35. The average Bonchev–Trinajstić information content (AvgIpc) is 2.73. The summed E-state index contributed by atoms with van der Waals surface area (Å²) in [5, 5.41) is 0. The topological polar surface area (TPSA) is 59.1 Å². The fourth-order valence-electron chi connectivity index (χ4n) is 3.02. The number of hydrogen-bond acceptors (Lipinski definition) is 5. The van der Waals surface area contributed by atoms with Gasteiger partial charge in [-0.1, -0.05) is 42.5 Å². The number of carbonyl (C=O) groups excluding carboxylic acids is 2. The molecule has 27 heavy (non-hydrogen) atoms. The Kier molecular flexibility index (Phi) is 6.30. The number of nitrogens with zero attached hydrogens (tertiary/aromatic N) is 2. The van der Waals surface area contributed by atoms with Crippen LogP contribution in [0, 0.1) is 0 Å². The number of piperazine rings is 1. The molecule has 6 nitrogen and oxygen atoms in total. The Bertz CT molecular complexity index is 754. The molecule has 1 aliphatic rings. The third-order valence-electron chi connectivity index (χ3n) is 4.62. The molecule has 0 atom stereocenters. The smallest absolute Gasteiger partial charge is 0.410 e. The standard InChI is InChI=1S/C21H24N2O4/c1-26-20(24)15-17-7-9-19(10-8-17)22-11-13-23(14-12-22)21(25)27-16-18-5-3-2-4-6-18/h2-10H,11-16H2,1H3. The molecular formula is C21H24N2O4. The molecule has 0 aromatic heterocycles. The van der Waals surface area contributed by atoms with Gasteiger partial charge < -0.3 is 19.3 Å². The summed E-state index contributed by atoms with van der Waals surface area (Å²) in [6, 6.07) is 17.6. The zero-order valence-corrected chi connectivity index (χ0v) is 15.5. The van der Waals surface area contributed by atoms with Crippen LogP contribution in [0.4, 0.5) is 10.5 Å². The van der Waals surface area contributed by atoms with Crippen LogP contribution in [-0.4, -0.2) is 50.3 Å². The summed E-state index contributed by atoms with van der Waals surface area (Å²) in [6.07, 6.45) is 0.00425. The third-order valence-corrected chi connectivity index (χ3v) is 4.62. The fraction of sp³-hybridized carbons (Fsp3) is 0.333. The quantitative estimate of drug-likeness (QED) is 0.760. The van der Waals surface area contributed by atoms with Crippen LogP contribution < -0.4 is 4.90 Å². The second kappa shape index (κ2) is 9.07. The van der Waals surface area contributed by atoms with E-state index in [1.54, 1.807) is 4.90 Å². The number of esters is 1. The van der Waals surface area contributed by atoms with Crippen LogP contribution in [0.5, 0.6) is 0 Å². The number of hydrogen-bond donors (Lipinski definition) is 0. The first-order valence-electron chi connectivity index (χ1n) is 9.02. The van der Waals surface area contributed by atoms with Gasteiger partial charge in [-0.2, -0.15) is 0 Å². The first-order valence-corrected chi connectivity index (χ1v) is 9.02. The molecule has 2 aromatic carbocycles. The minimum Gasteiger partial charge on any atom is -0.469 e. The molecule has 0 saturated carbocycles. The van der Waals surface area contributed by atoms with E-state index in [2.05, 4.69) is 9.64 Å². The Balaban J connectivity index is 1.46. The molecule has 3 rings (SSSR count). The second-order valence-corrected chi connectivity index (χ2v) is 6.43. The van der Waals surface area contributed by atoms with E-state index in [1.165, 1.54) is 7.11 Å². The van der Waals surface area contributed by atoms with Gasteiger partial charge in [-0.25, -0.2) is 4.79 Å². The van der Waals surface area contributed by atoms with Crippen molar-refractivity contribution in [2.24, 2.45) is 0 Å². The van der Waals surface area contributed by atoms with Gasteiger partial charge in [0.15, 0.2) is 0 Å². The van der Waals surface area contributed by atoms with E-state index in [9.17, 15) is 9.59 Å². The van der Waals surface area contributed by atoms with Crippen LogP contribution in [0.1, 0.15) is 11.1 Å². The van der Waals surface area contributed by atoms with Crippen molar-refractivity contribution in [3.8, 4) is 0 Å². The van der Waals surface area contributed by atoms with Crippen LogP contribution in [0.3, 0.4) is 0 Å². The highest BCUT2D eigenvalue weighted by molar-refractivity contribution is 5.72. The van der Waals surface area contributed by atoms with Gasteiger partial charge in [0.25, 0.3) is 0 Å². The van der Waals surface area contributed by atoms with Gasteiger partial charge >= 0.3 is 12.1 Å². The van der Waals surface area contributed by atoms with Crippen molar-refractivity contribution < 1.29 is 19.1 Å². The highest BCUT2D eigenvalue weighted by atomic mass is 16.6. The van der Waals surface area contributed by atoms with E-state index in [1.807, 2.05) is 54.6 Å². The predicted molar refractivity (Wildman–Crippen MR) is 103 cm³/mol. The SMILES string of the molecule is COC(=O)Cc1ccc(N2CCN(C(=O)OCc3ccccc3)CC2)cc1. The molecule has 0 N–H and O–H groups in total. The zero-order valence-electron chi connectivity index (χ0n) is 15.5. The summed E-state index contributed by atoms with van der Waals surface area (Å²) in [5.41, 5.74) is 2.99. The maximum atomic E-state index is 12.2. The zero-order chi connectivity index (χ0) is 19.1. The monoisotopic (exact) mass is 368 g/mol. The van der Waals surface area contributed by atoms with Gasteiger partial charge in [0.1, 0.15) is 6.61 Å². The lowest BCUT2D eigenvalue weighted by molar-refractivity contribution is -0.139. The number of anilines is 1. The largest absolute Gasteiger partial charge is 0.469 e. The van der Waals surface area contributed by atoms with E-state index < -0.39 is 0 Å². The molecule has 1 amide bonds. The highest BCUT2D eigenvalue weighted by Gasteiger charge is 2.22. The third kappa shape index (κ3) is 5.23. The molecule has 0 spiro atoms. The van der Waals surface area contributed by atoms with Crippen LogP contribution in [0.25, 0.3) is 0 Å². The Hall–Kier alpha value is -3.02. The molecule has 2 aromatic rings. The van der Waals surface area contributed by atoms with Crippen LogP contribution in [-0.2, 0) is 27.3 Å². The Labute approximate surface area is 159 Å². The molecule has 1 heterocycles. The normalized spacial score (nSPS) is 14.0. The van der Waals surface area contributed by atoms with Gasteiger partial charge in [-0.15, -0.1) is 0 Å². The Morgan fingerprint density at radius 3 is 2.19 bits per heavy atom. The minimum absolute atomic E-state index is 0.245. The number of ether oxygens (including phenoxy) is 2. The van der Waals surface area contributed by atoms with Gasteiger partial charge in [0, 0.05) is 31.9 Å². The van der Waals surface area contributed by atoms with E-state index in [0.29, 0.717) is 19.7 Å². The highest BCUT2D eigenvalue weighted by Crippen LogP contribution is 2.18. The summed E-state index contributed by atoms with van der Waals surface area (Å²) in [5.74, 6) is -0.245. The molecule has 1 aliphatic heterocycles. The van der Waals surface area contributed by atoms with Crippen molar-refractivity contribution in [1.82, 2.24) is 4.90 Å². The van der Waals surface area contributed by atoms with Gasteiger partial charge in [-0.05, 0) is 23.3 Å². The molecule has 0 bridgehead atoms.